The van der Waals surface area contributed by atoms with Gasteiger partial charge in [-0.05, 0) is 19.9 Å². The van der Waals surface area contributed by atoms with Gasteiger partial charge in [0, 0.05) is 0 Å². The molecule has 1 unspecified atom stereocenters. The maximum absolute atomic E-state index is 11.1. The SMILES string of the molecule is C=CC(N=C=O)OC(=O)C(C)(C)Cl. The van der Waals surface area contributed by atoms with Gasteiger partial charge in [-0.2, -0.15) is 4.99 Å². The molecule has 0 heterocycles. The molecule has 0 saturated heterocycles. The highest BCUT2D eigenvalue weighted by Gasteiger charge is 2.27. The first-order valence-corrected chi connectivity index (χ1v) is 3.89. The second-order valence-electron chi connectivity index (χ2n) is 2.72. The molecule has 0 aliphatic rings. The number of halogens is 1. The molecular weight excluding hydrogens is 194 g/mol. The number of nitrogens with zero attached hydrogens (tertiary/aromatic N) is 1. The fourth-order valence-electron chi connectivity index (χ4n) is 0.429. The van der Waals surface area contributed by atoms with Crippen LogP contribution in [0.3, 0.4) is 0 Å². The Hall–Kier alpha value is -1.12. The lowest BCUT2D eigenvalue weighted by Gasteiger charge is -2.15. The van der Waals surface area contributed by atoms with Gasteiger partial charge in [0.15, 0.2) is 0 Å². The number of rotatable bonds is 4. The smallest absolute Gasteiger partial charge is 0.328 e. The average molecular weight is 204 g/mol. The summed E-state index contributed by atoms with van der Waals surface area (Å²) in [5.41, 5.74) is 0. The number of hydrogen-bond acceptors (Lipinski definition) is 4. The van der Waals surface area contributed by atoms with Crippen LogP contribution >= 0.6 is 11.6 Å². The standard InChI is InChI=1S/C8H10ClNO3/c1-4-6(10-5-11)13-7(12)8(2,3)9/h4,6H,1H2,2-3H3. The first-order chi connectivity index (χ1) is 5.91. The zero-order valence-corrected chi connectivity index (χ0v) is 8.17. The van der Waals surface area contributed by atoms with Crippen molar-refractivity contribution < 1.29 is 14.3 Å². The maximum atomic E-state index is 11.1. The van der Waals surface area contributed by atoms with E-state index in [9.17, 15) is 9.59 Å². The highest BCUT2D eigenvalue weighted by atomic mass is 35.5. The van der Waals surface area contributed by atoms with Crippen LogP contribution in [0.15, 0.2) is 17.6 Å². The molecule has 13 heavy (non-hydrogen) atoms. The zero-order valence-electron chi connectivity index (χ0n) is 7.41. The molecule has 0 aliphatic carbocycles. The average Bonchev–Trinajstić information content (AvgIpc) is 2.01. The number of aliphatic imine (C=N–C) groups is 1. The van der Waals surface area contributed by atoms with Gasteiger partial charge in [-0.3, -0.25) is 4.79 Å². The molecule has 1 atom stereocenters. The van der Waals surface area contributed by atoms with Crippen LogP contribution in [-0.4, -0.2) is 23.2 Å². The summed E-state index contributed by atoms with van der Waals surface area (Å²) in [4.78, 5) is 23.0. The Labute approximate surface area is 81.2 Å². The third-order valence-corrected chi connectivity index (χ3v) is 1.25. The van der Waals surface area contributed by atoms with Crippen molar-refractivity contribution in [2.24, 2.45) is 4.99 Å². The van der Waals surface area contributed by atoms with E-state index in [0.717, 1.165) is 0 Å². The monoisotopic (exact) mass is 203 g/mol. The molecule has 4 nitrogen and oxygen atoms in total. The van der Waals surface area contributed by atoms with E-state index in [1.807, 2.05) is 0 Å². The van der Waals surface area contributed by atoms with Crippen molar-refractivity contribution in [1.29, 1.82) is 0 Å². The minimum Gasteiger partial charge on any atom is -0.434 e. The van der Waals surface area contributed by atoms with Crippen LogP contribution in [0.25, 0.3) is 0 Å². The summed E-state index contributed by atoms with van der Waals surface area (Å²) < 4.78 is 4.69. The van der Waals surface area contributed by atoms with Crippen LogP contribution in [-0.2, 0) is 14.3 Å². The topological polar surface area (TPSA) is 55.7 Å². The molecule has 0 rings (SSSR count). The molecule has 0 aromatic rings. The van der Waals surface area contributed by atoms with E-state index in [-0.39, 0.29) is 0 Å². The Bertz CT molecular complexity index is 251. The van der Waals surface area contributed by atoms with Crippen LogP contribution < -0.4 is 0 Å². The Balaban J connectivity index is 4.34. The van der Waals surface area contributed by atoms with Crippen molar-refractivity contribution in [2.75, 3.05) is 0 Å². The van der Waals surface area contributed by atoms with Gasteiger partial charge in [0.05, 0.1) is 0 Å². The largest absolute Gasteiger partial charge is 0.434 e. The summed E-state index contributed by atoms with van der Waals surface area (Å²) in [7, 11) is 0. The Kier molecular flexibility index (Phi) is 4.38. The minimum atomic E-state index is -1.14. The third kappa shape index (κ3) is 4.45. The van der Waals surface area contributed by atoms with E-state index in [4.69, 9.17) is 11.6 Å². The highest BCUT2D eigenvalue weighted by molar-refractivity contribution is 6.33. The van der Waals surface area contributed by atoms with Gasteiger partial charge in [-0.1, -0.05) is 6.58 Å². The lowest BCUT2D eigenvalue weighted by atomic mass is 10.2. The number of isocyanates is 1. The van der Waals surface area contributed by atoms with E-state index < -0.39 is 17.1 Å². The summed E-state index contributed by atoms with van der Waals surface area (Å²) in [5, 5.41) is 0. The predicted molar refractivity (Wildman–Crippen MR) is 48.1 cm³/mol. The molecule has 0 amide bonds. The van der Waals surface area contributed by atoms with Crippen LogP contribution in [0.2, 0.25) is 0 Å². The summed E-state index contributed by atoms with van der Waals surface area (Å²) in [6.45, 7) is 6.27. The molecule has 0 radical (unpaired) electrons. The molecule has 5 heteroatoms. The zero-order chi connectivity index (χ0) is 10.5. The summed E-state index contributed by atoms with van der Waals surface area (Å²) >= 11 is 5.64. The Morgan fingerprint density at radius 2 is 2.31 bits per heavy atom. The second kappa shape index (κ2) is 4.80. The molecule has 72 valence electrons. The summed E-state index contributed by atoms with van der Waals surface area (Å²) in [6.07, 6.45) is 1.45. The number of carbonyl (C=O) groups is 1. The Morgan fingerprint density at radius 1 is 1.77 bits per heavy atom. The van der Waals surface area contributed by atoms with Gasteiger partial charge in [-0.15, -0.1) is 11.6 Å². The maximum Gasteiger partial charge on any atom is 0.328 e. The van der Waals surface area contributed by atoms with Crippen molar-refractivity contribution in [1.82, 2.24) is 0 Å². The number of hydrogen-bond donors (Lipinski definition) is 0. The van der Waals surface area contributed by atoms with E-state index in [1.54, 1.807) is 0 Å². The first-order valence-electron chi connectivity index (χ1n) is 3.51. The van der Waals surface area contributed by atoms with Gasteiger partial charge in [0.1, 0.15) is 4.87 Å². The predicted octanol–water partition coefficient (Wildman–Crippen LogP) is 1.39. The van der Waals surface area contributed by atoms with Crippen molar-refractivity contribution in [2.45, 2.75) is 24.9 Å². The van der Waals surface area contributed by atoms with E-state index in [2.05, 4.69) is 16.3 Å². The van der Waals surface area contributed by atoms with E-state index in [1.165, 1.54) is 26.0 Å². The Morgan fingerprint density at radius 3 is 2.62 bits per heavy atom. The minimum absolute atomic E-state index is 0.668. The number of esters is 1. The quantitative estimate of drug-likeness (QED) is 0.228. The number of alkyl halides is 1. The lowest BCUT2D eigenvalue weighted by Crippen LogP contribution is -2.30. The molecule has 0 bridgehead atoms. The van der Waals surface area contributed by atoms with Crippen LogP contribution in [0.5, 0.6) is 0 Å². The van der Waals surface area contributed by atoms with Crippen molar-refractivity contribution in [3.63, 3.8) is 0 Å². The van der Waals surface area contributed by atoms with Crippen LogP contribution in [0.4, 0.5) is 0 Å². The van der Waals surface area contributed by atoms with Gasteiger partial charge < -0.3 is 4.74 Å². The van der Waals surface area contributed by atoms with Gasteiger partial charge >= 0.3 is 5.97 Å². The molecular formula is C8H10ClNO3. The van der Waals surface area contributed by atoms with Gasteiger partial charge in [0.2, 0.25) is 12.3 Å². The fourth-order valence-corrected chi connectivity index (χ4v) is 0.473. The molecule has 0 saturated carbocycles. The van der Waals surface area contributed by atoms with E-state index >= 15 is 0 Å². The van der Waals surface area contributed by atoms with Crippen LogP contribution in [0.1, 0.15) is 13.8 Å². The van der Waals surface area contributed by atoms with E-state index in [0.29, 0.717) is 0 Å². The number of carbonyl (C=O) groups excluding carboxylic acids is 2. The van der Waals surface area contributed by atoms with Crippen molar-refractivity contribution in [3.8, 4) is 0 Å². The molecule has 0 fully saturated rings. The fraction of sp³-hybridized carbons (Fsp3) is 0.500. The molecule has 0 aromatic carbocycles. The molecule has 0 spiro atoms. The van der Waals surface area contributed by atoms with Crippen LogP contribution in [0, 0.1) is 0 Å². The summed E-state index contributed by atoms with van der Waals surface area (Å²) in [6, 6.07) is 0. The summed E-state index contributed by atoms with van der Waals surface area (Å²) in [5.74, 6) is -0.668. The van der Waals surface area contributed by atoms with Gasteiger partial charge in [0.25, 0.3) is 0 Å². The number of ether oxygens (including phenoxy) is 1. The van der Waals surface area contributed by atoms with Crippen molar-refractivity contribution >= 4 is 23.7 Å². The molecule has 0 N–H and O–H groups in total. The van der Waals surface area contributed by atoms with Gasteiger partial charge in [-0.25, -0.2) is 4.79 Å². The molecule has 0 aliphatic heterocycles. The third-order valence-electron chi connectivity index (χ3n) is 1.09. The molecule has 0 aromatic heterocycles. The normalized spacial score (nSPS) is 12.5. The van der Waals surface area contributed by atoms with Crippen molar-refractivity contribution in [3.05, 3.63) is 12.7 Å². The first kappa shape index (κ1) is 11.9. The highest BCUT2D eigenvalue weighted by Crippen LogP contribution is 2.15. The lowest BCUT2D eigenvalue weighted by molar-refractivity contribution is -0.148. The second-order valence-corrected chi connectivity index (χ2v) is 3.67.